The molecule has 7 heteroatoms. The van der Waals surface area contributed by atoms with Gasteiger partial charge in [0.15, 0.2) is 0 Å². The molecule has 2 amide bonds. The molecule has 3 aromatic rings. The Kier molecular flexibility index (Phi) is 6.38. The molecule has 6 nitrogen and oxygen atoms in total. The van der Waals surface area contributed by atoms with E-state index in [4.69, 9.17) is 4.74 Å². The number of carbonyl (C=O) groups excluding carboxylic acids is 2. The Hall–Kier alpha value is -2.80. The molecule has 2 aromatic heterocycles. The first kappa shape index (κ1) is 23.0. The molecule has 1 atom stereocenters. The van der Waals surface area contributed by atoms with Gasteiger partial charge in [-0.3, -0.25) is 9.59 Å². The van der Waals surface area contributed by atoms with Crippen molar-refractivity contribution in [3.05, 3.63) is 53.0 Å². The van der Waals surface area contributed by atoms with Crippen molar-refractivity contribution in [1.29, 1.82) is 0 Å². The maximum absolute atomic E-state index is 13.9. The number of amides is 2. The lowest BCUT2D eigenvalue weighted by Crippen LogP contribution is -2.64. The summed E-state index contributed by atoms with van der Waals surface area (Å²) in [5, 5.41) is 5.37. The Balaban J connectivity index is 1.48. The van der Waals surface area contributed by atoms with E-state index >= 15 is 0 Å². The predicted molar refractivity (Wildman–Crippen MR) is 135 cm³/mol. The lowest BCUT2D eigenvalue weighted by molar-refractivity contribution is -0.134. The Bertz CT molecular complexity index is 1170. The summed E-state index contributed by atoms with van der Waals surface area (Å²) in [6, 6.07) is 12.0. The topological polar surface area (TPSA) is 63.6 Å². The van der Waals surface area contributed by atoms with Crippen molar-refractivity contribution >= 4 is 33.4 Å². The van der Waals surface area contributed by atoms with Crippen LogP contribution in [0.3, 0.4) is 0 Å². The smallest absolute Gasteiger partial charge is 0.271 e. The van der Waals surface area contributed by atoms with E-state index in [0.717, 1.165) is 47.2 Å². The fourth-order valence-corrected chi connectivity index (χ4v) is 6.15. The van der Waals surface area contributed by atoms with E-state index in [1.165, 1.54) is 12.8 Å². The number of ether oxygens (including phenoxy) is 1. The van der Waals surface area contributed by atoms with Gasteiger partial charge in [-0.25, -0.2) is 0 Å². The molecule has 0 saturated heterocycles. The minimum atomic E-state index is -0.983. The molecule has 3 heterocycles. The molecule has 1 aliphatic carbocycles. The van der Waals surface area contributed by atoms with Crippen LogP contribution < -0.4 is 10.1 Å². The molecule has 1 fully saturated rings. The van der Waals surface area contributed by atoms with Crippen molar-refractivity contribution in [2.45, 2.75) is 77.0 Å². The quantitative estimate of drug-likeness (QED) is 0.485. The van der Waals surface area contributed by atoms with E-state index in [-0.39, 0.29) is 17.9 Å². The number of fused-ring (bicyclic) bond motifs is 3. The Morgan fingerprint density at radius 3 is 2.59 bits per heavy atom. The van der Waals surface area contributed by atoms with Crippen LogP contribution in [0.5, 0.6) is 5.75 Å². The molecule has 2 aliphatic rings. The first-order chi connectivity index (χ1) is 16.5. The van der Waals surface area contributed by atoms with Gasteiger partial charge in [0.2, 0.25) is 5.91 Å². The normalized spacial score (nSPS) is 21.4. The molecule has 0 spiro atoms. The molecule has 1 N–H and O–H groups in total. The summed E-state index contributed by atoms with van der Waals surface area (Å²) >= 11 is 1.63. The van der Waals surface area contributed by atoms with Gasteiger partial charge in [-0.05, 0) is 61.9 Å². The van der Waals surface area contributed by atoms with Crippen LogP contribution >= 0.6 is 11.3 Å². The predicted octanol–water partition coefficient (Wildman–Crippen LogP) is 5.36. The molecule has 0 radical (unpaired) electrons. The minimum absolute atomic E-state index is 0.0542. The van der Waals surface area contributed by atoms with Gasteiger partial charge in [-0.1, -0.05) is 37.8 Å². The third kappa shape index (κ3) is 4.22. The number of benzene rings is 1. The summed E-state index contributed by atoms with van der Waals surface area (Å²) in [5.41, 5.74) is 1.69. The van der Waals surface area contributed by atoms with Gasteiger partial charge in [0, 0.05) is 12.6 Å². The summed E-state index contributed by atoms with van der Waals surface area (Å²) in [6.07, 6.45) is 6.78. The van der Waals surface area contributed by atoms with Crippen LogP contribution in [-0.4, -0.2) is 39.5 Å². The van der Waals surface area contributed by atoms with E-state index in [1.807, 2.05) is 60.2 Å². The maximum Gasteiger partial charge on any atom is 0.271 e. The lowest BCUT2D eigenvalue weighted by atomic mass is 9.93. The molecular formula is C27H33N3O3S. The van der Waals surface area contributed by atoms with E-state index in [1.54, 1.807) is 16.2 Å². The van der Waals surface area contributed by atoms with Gasteiger partial charge in [0.05, 0.1) is 23.4 Å². The lowest BCUT2D eigenvalue weighted by Gasteiger charge is -2.44. The summed E-state index contributed by atoms with van der Waals surface area (Å²) in [6.45, 7) is 5.31. The van der Waals surface area contributed by atoms with Crippen LogP contribution in [0.15, 0.2) is 41.8 Å². The highest BCUT2D eigenvalue weighted by molar-refractivity contribution is 7.17. The Labute approximate surface area is 204 Å². The number of nitrogens with zero attached hydrogens (tertiary/aromatic N) is 2. The third-order valence-corrected chi connectivity index (χ3v) is 8.16. The van der Waals surface area contributed by atoms with Crippen LogP contribution in [0.2, 0.25) is 0 Å². The summed E-state index contributed by atoms with van der Waals surface area (Å²) in [5.74, 6) is 0.655. The fourth-order valence-electron chi connectivity index (χ4n) is 5.33. The third-order valence-electron chi connectivity index (χ3n) is 7.30. The second-order valence-electron chi connectivity index (χ2n) is 9.69. The monoisotopic (exact) mass is 479 g/mol. The first-order valence-electron chi connectivity index (χ1n) is 12.4. The highest BCUT2D eigenvalue weighted by Gasteiger charge is 2.48. The molecule has 34 heavy (non-hydrogen) atoms. The van der Waals surface area contributed by atoms with Crippen molar-refractivity contribution in [2.75, 3.05) is 6.61 Å². The zero-order valence-corrected chi connectivity index (χ0v) is 20.8. The van der Waals surface area contributed by atoms with Gasteiger partial charge < -0.3 is 19.5 Å². The number of thiophene rings is 1. The highest BCUT2D eigenvalue weighted by Crippen LogP contribution is 2.35. The van der Waals surface area contributed by atoms with Gasteiger partial charge in [0.1, 0.15) is 17.0 Å². The largest absolute Gasteiger partial charge is 0.494 e. The van der Waals surface area contributed by atoms with Gasteiger partial charge in [-0.15, -0.1) is 11.3 Å². The summed E-state index contributed by atoms with van der Waals surface area (Å²) in [4.78, 5) is 29.5. The second-order valence-corrected chi connectivity index (χ2v) is 10.6. The standard InChI is InChI=1S/C27H33N3O3S/c1-3-33-21-12-10-19(11-13-21)17-30-25(31)23-16-24-22(14-15-34-24)29(23)18-27(30,2)26(32)28-20-8-6-4-5-7-9-20/h10-16,20H,3-9,17-18H2,1-2H3,(H,28,32). The molecule has 5 rings (SSSR count). The van der Waals surface area contributed by atoms with Gasteiger partial charge in [-0.2, -0.15) is 0 Å². The zero-order chi connectivity index (χ0) is 23.7. The Morgan fingerprint density at radius 1 is 1.15 bits per heavy atom. The van der Waals surface area contributed by atoms with Gasteiger partial charge in [0.25, 0.3) is 5.91 Å². The molecule has 180 valence electrons. The van der Waals surface area contributed by atoms with Crippen LogP contribution in [0, 0.1) is 0 Å². The fraction of sp³-hybridized carbons (Fsp3) is 0.481. The molecular weight excluding hydrogens is 446 g/mol. The highest BCUT2D eigenvalue weighted by atomic mass is 32.1. The van der Waals surface area contributed by atoms with Crippen LogP contribution in [-0.2, 0) is 17.9 Å². The number of nitrogens with one attached hydrogen (secondary N) is 1. The molecule has 1 unspecified atom stereocenters. The second kappa shape index (κ2) is 9.45. The minimum Gasteiger partial charge on any atom is -0.494 e. The van der Waals surface area contributed by atoms with Crippen LogP contribution in [0.1, 0.15) is 68.4 Å². The van der Waals surface area contributed by atoms with Crippen molar-refractivity contribution in [2.24, 2.45) is 0 Å². The summed E-state index contributed by atoms with van der Waals surface area (Å²) in [7, 11) is 0. The number of aromatic nitrogens is 1. The average Bonchev–Trinajstić information content (AvgIpc) is 3.32. The van der Waals surface area contributed by atoms with Crippen molar-refractivity contribution in [1.82, 2.24) is 14.8 Å². The van der Waals surface area contributed by atoms with Crippen molar-refractivity contribution < 1.29 is 14.3 Å². The molecule has 1 saturated carbocycles. The molecule has 1 aromatic carbocycles. The number of hydrogen-bond acceptors (Lipinski definition) is 4. The molecule has 1 aliphatic heterocycles. The zero-order valence-electron chi connectivity index (χ0n) is 20.0. The van der Waals surface area contributed by atoms with Crippen molar-refractivity contribution in [3.63, 3.8) is 0 Å². The maximum atomic E-state index is 13.9. The van der Waals surface area contributed by atoms with Crippen LogP contribution in [0.4, 0.5) is 0 Å². The van der Waals surface area contributed by atoms with E-state index in [2.05, 4.69) is 5.32 Å². The molecule has 0 bridgehead atoms. The van der Waals surface area contributed by atoms with E-state index < -0.39 is 5.54 Å². The Morgan fingerprint density at radius 2 is 1.88 bits per heavy atom. The number of rotatable bonds is 6. The van der Waals surface area contributed by atoms with Crippen molar-refractivity contribution in [3.8, 4) is 5.75 Å². The SMILES string of the molecule is CCOc1ccc(CN2C(=O)c3cc4sccc4n3CC2(C)C(=O)NC2CCCCCC2)cc1. The number of carbonyl (C=O) groups is 2. The summed E-state index contributed by atoms with van der Waals surface area (Å²) < 4.78 is 8.69. The number of hydrogen-bond donors (Lipinski definition) is 1. The van der Waals surface area contributed by atoms with Crippen LogP contribution in [0.25, 0.3) is 10.2 Å². The average molecular weight is 480 g/mol. The van der Waals surface area contributed by atoms with E-state index in [0.29, 0.717) is 25.4 Å². The first-order valence-corrected chi connectivity index (χ1v) is 13.3. The van der Waals surface area contributed by atoms with E-state index in [9.17, 15) is 9.59 Å². The van der Waals surface area contributed by atoms with Gasteiger partial charge >= 0.3 is 0 Å².